The fraction of sp³-hybridized carbons (Fsp3) is 0.174. The van der Waals surface area contributed by atoms with Gasteiger partial charge in [0.05, 0.1) is 0 Å². The lowest BCUT2D eigenvalue weighted by atomic mass is 9.82. The summed E-state index contributed by atoms with van der Waals surface area (Å²) in [6.45, 7) is 4.11. The zero-order valence-corrected chi connectivity index (χ0v) is 14.0. The zero-order valence-electron chi connectivity index (χ0n) is 14.0. The Bertz CT molecular complexity index is 978. The fourth-order valence-corrected chi connectivity index (χ4v) is 3.91. The number of ketones is 1. The third-order valence-electron chi connectivity index (χ3n) is 5.02. The van der Waals surface area contributed by atoms with Gasteiger partial charge in [0.2, 0.25) is 0 Å². The van der Waals surface area contributed by atoms with Crippen LogP contribution in [0.25, 0.3) is 16.8 Å². The molecule has 3 aromatic rings. The summed E-state index contributed by atoms with van der Waals surface area (Å²) in [5, 5.41) is 2.20. The van der Waals surface area contributed by atoms with E-state index in [4.69, 9.17) is 0 Å². The number of allylic oxidation sites excluding steroid dienone is 1. The number of hydrogen-bond donors (Lipinski definition) is 0. The Morgan fingerprint density at radius 3 is 2.50 bits per heavy atom. The quantitative estimate of drug-likeness (QED) is 0.544. The zero-order chi connectivity index (χ0) is 16.7. The van der Waals surface area contributed by atoms with E-state index in [1.165, 1.54) is 16.7 Å². The minimum absolute atomic E-state index is 0.177. The highest BCUT2D eigenvalue weighted by molar-refractivity contribution is 6.09. The first-order valence-electron chi connectivity index (χ1n) is 8.52. The van der Waals surface area contributed by atoms with Gasteiger partial charge in [-0.25, -0.2) is 0 Å². The summed E-state index contributed by atoms with van der Waals surface area (Å²) in [5.41, 5.74) is 5.90. The summed E-state index contributed by atoms with van der Waals surface area (Å²) in [7, 11) is 0. The van der Waals surface area contributed by atoms with Crippen LogP contribution in [-0.4, -0.2) is 5.78 Å². The molecule has 3 aromatic carbocycles. The van der Waals surface area contributed by atoms with E-state index in [-0.39, 0.29) is 11.7 Å². The molecule has 1 atom stereocenters. The number of carbonyl (C=O) groups is 1. The van der Waals surface area contributed by atoms with Crippen molar-refractivity contribution in [3.05, 3.63) is 88.5 Å². The first kappa shape index (κ1) is 14.9. The monoisotopic (exact) mass is 312 g/mol. The molecule has 0 saturated carbocycles. The van der Waals surface area contributed by atoms with Crippen molar-refractivity contribution in [2.45, 2.75) is 26.2 Å². The molecule has 0 aliphatic heterocycles. The smallest absolute Gasteiger partial charge is 0.163 e. The molecular formula is C23H20O. The topological polar surface area (TPSA) is 17.1 Å². The molecule has 1 heteroatoms. The normalized spacial score (nSPS) is 16.1. The molecule has 1 nitrogen and oxygen atoms in total. The average molecular weight is 312 g/mol. The molecule has 118 valence electrons. The summed E-state index contributed by atoms with van der Waals surface area (Å²) in [5.74, 6) is 0.398. The van der Waals surface area contributed by atoms with Gasteiger partial charge in [0.1, 0.15) is 0 Å². The molecule has 4 rings (SSSR count). The third kappa shape index (κ3) is 2.20. The minimum Gasteiger partial charge on any atom is -0.294 e. The molecule has 0 radical (unpaired) electrons. The van der Waals surface area contributed by atoms with Gasteiger partial charge in [0.25, 0.3) is 0 Å². The van der Waals surface area contributed by atoms with Gasteiger partial charge in [-0.05, 0) is 34.4 Å². The molecule has 0 aromatic heterocycles. The van der Waals surface area contributed by atoms with Crippen molar-refractivity contribution >= 4 is 22.6 Å². The molecule has 0 amide bonds. The Morgan fingerprint density at radius 2 is 1.67 bits per heavy atom. The highest BCUT2D eigenvalue weighted by Crippen LogP contribution is 2.43. The molecule has 1 aliphatic rings. The molecule has 0 heterocycles. The maximum absolute atomic E-state index is 12.8. The van der Waals surface area contributed by atoms with E-state index < -0.39 is 0 Å². The number of benzene rings is 3. The molecule has 0 N–H and O–H groups in total. The Hall–Kier alpha value is -2.67. The summed E-state index contributed by atoms with van der Waals surface area (Å²) >= 11 is 0. The van der Waals surface area contributed by atoms with Crippen LogP contribution in [0.3, 0.4) is 0 Å². The largest absolute Gasteiger partial charge is 0.294 e. The van der Waals surface area contributed by atoms with E-state index in [9.17, 15) is 4.79 Å². The Morgan fingerprint density at radius 1 is 0.917 bits per heavy atom. The Labute approximate surface area is 142 Å². The van der Waals surface area contributed by atoms with Crippen LogP contribution in [0.4, 0.5) is 0 Å². The number of fused-ring (bicyclic) bond motifs is 2. The first-order valence-corrected chi connectivity index (χ1v) is 8.52. The average Bonchev–Trinajstić information content (AvgIpc) is 2.95. The van der Waals surface area contributed by atoms with Gasteiger partial charge in [-0.1, -0.05) is 79.2 Å². The summed E-state index contributed by atoms with van der Waals surface area (Å²) < 4.78 is 0. The second-order valence-corrected chi connectivity index (χ2v) is 6.48. The van der Waals surface area contributed by atoms with Gasteiger partial charge in [-0.15, -0.1) is 0 Å². The van der Waals surface area contributed by atoms with Gasteiger partial charge in [0, 0.05) is 17.9 Å². The van der Waals surface area contributed by atoms with Crippen LogP contribution in [-0.2, 0) is 0 Å². The third-order valence-corrected chi connectivity index (χ3v) is 5.02. The molecule has 1 aliphatic carbocycles. The number of hydrogen-bond acceptors (Lipinski definition) is 1. The van der Waals surface area contributed by atoms with E-state index in [1.807, 2.05) is 19.1 Å². The SMILES string of the molecule is CCC(=O)c1c(C2C(C)=Cc3ccccc32)ccc2ccccc12. The van der Waals surface area contributed by atoms with Crippen LogP contribution in [0.5, 0.6) is 0 Å². The Balaban J connectivity index is 2.01. The van der Waals surface area contributed by atoms with Crippen LogP contribution in [0, 0.1) is 0 Å². The molecule has 1 unspecified atom stereocenters. The molecule has 0 saturated heterocycles. The summed E-state index contributed by atoms with van der Waals surface area (Å²) in [6.07, 6.45) is 2.77. The van der Waals surface area contributed by atoms with Gasteiger partial charge < -0.3 is 0 Å². The van der Waals surface area contributed by atoms with Crippen molar-refractivity contribution in [2.75, 3.05) is 0 Å². The van der Waals surface area contributed by atoms with Crippen molar-refractivity contribution in [1.82, 2.24) is 0 Å². The van der Waals surface area contributed by atoms with E-state index in [2.05, 4.69) is 61.5 Å². The highest BCUT2D eigenvalue weighted by Gasteiger charge is 2.28. The van der Waals surface area contributed by atoms with Crippen molar-refractivity contribution in [3.63, 3.8) is 0 Å². The van der Waals surface area contributed by atoms with Gasteiger partial charge in [0.15, 0.2) is 5.78 Å². The van der Waals surface area contributed by atoms with Crippen molar-refractivity contribution in [2.24, 2.45) is 0 Å². The number of Topliss-reactive ketones (excluding diaryl/α,β-unsaturated/α-hetero) is 1. The summed E-state index contributed by atoms with van der Waals surface area (Å²) in [6, 6.07) is 21.0. The van der Waals surface area contributed by atoms with Crippen LogP contribution >= 0.6 is 0 Å². The van der Waals surface area contributed by atoms with Crippen LogP contribution in [0.2, 0.25) is 0 Å². The van der Waals surface area contributed by atoms with Gasteiger partial charge in [-0.3, -0.25) is 4.79 Å². The van der Waals surface area contributed by atoms with Crippen LogP contribution < -0.4 is 0 Å². The second-order valence-electron chi connectivity index (χ2n) is 6.48. The van der Waals surface area contributed by atoms with E-state index >= 15 is 0 Å². The molecule has 0 fully saturated rings. The standard InChI is InChI=1S/C23H20O/c1-3-21(24)23-18-10-6-4-8-16(18)12-13-20(23)22-15(2)14-17-9-5-7-11-19(17)22/h4-14,22H,3H2,1-2H3. The minimum atomic E-state index is 0.177. The number of rotatable bonds is 3. The maximum atomic E-state index is 12.8. The van der Waals surface area contributed by atoms with E-state index in [0.717, 1.165) is 21.9 Å². The second kappa shape index (κ2) is 5.76. The highest BCUT2D eigenvalue weighted by atomic mass is 16.1. The molecule has 24 heavy (non-hydrogen) atoms. The van der Waals surface area contributed by atoms with Gasteiger partial charge >= 0.3 is 0 Å². The first-order chi connectivity index (χ1) is 11.7. The lowest BCUT2D eigenvalue weighted by Gasteiger charge is -2.20. The summed E-state index contributed by atoms with van der Waals surface area (Å²) in [4.78, 5) is 12.8. The predicted octanol–water partition coefficient (Wildman–Crippen LogP) is 5.98. The lowest BCUT2D eigenvalue weighted by molar-refractivity contribution is 0.0989. The lowest BCUT2D eigenvalue weighted by Crippen LogP contribution is -2.09. The predicted molar refractivity (Wildman–Crippen MR) is 101 cm³/mol. The number of carbonyl (C=O) groups excluding carboxylic acids is 1. The maximum Gasteiger partial charge on any atom is 0.163 e. The molecule has 0 spiro atoms. The van der Waals surface area contributed by atoms with E-state index in [0.29, 0.717) is 6.42 Å². The van der Waals surface area contributed by atoms with Crippen LogP contribution in [0.15, 0.2) is 66.2 Å². The van der Waals surface area contributed by atoms with Crippen molar-refractivity contribution < 1.29 is 4.79 Å². The van der Waals surface area contributed by atoms with E-state index in [1.54, 1.807) is 0 Å². The van der Waals surface area contributed by atoms with Crippen molar-refractivity contribution in [3.8, 4) is 0 Å². The van der Waals surface area contributed by atoms with Crippen LogP contribution in [0.1, 0.15) is 53.2 Å². The molecule has 0 bridgehead atoms. The molecular weight excluding hydrogens is 292 g/mol. The van der Waals surface area contributed by atoms with Gasteiger partial charge in [-0.2, -0.15) is 0 Å². The Kier molecular flexibility index (Phi) is 3.57. The fourth-order valence-electron chi connectivity index (χ4n) is 3.91. The van der Waals surface area contributed by atoms with Crippen molar-refractivity contribution in [1.29, 1.82) is 0 Å².